The Hall–Kier alpha value is -2.70. The van der Waals surface area contributed by atoms with Crippen molar-refractivity contribution in [1.29, 1.82) is 0 Å². The molecular weight excluding hydrogens is 402 g/mol. The summed E-state index contributed by atoms with van der Waals surface area (Å²) in [5.41, 5.74) is 4.24. The molecule has 1 saturated heterocycles. The molecule has 168 valence electrons. The molecular formula is C26H31N3O3. The second-order valence-electron chi connectivity index (χ2n) is 9.24. The van der Waals surface area contributed by atoms with E-state index in [4.69, 9.17) is 0 Å². The molecule has 4 atom stereocenters. The fraction of sp³-hybridized carbons (Fsp3) is 0.462. The second kappa shape index (κ2) is 8.34. The van der Waals surface area contributed by atoms with E-state index in [0.717, 1.165) is 18.5 Å². The van der Waals surface area contributed by atoms with E-state index in [1.54, 1.807) is 0 Å². The lowest BCUT2D eigenvalue weighted by molar-refractivity contribution is -0.128. The predicted molar refractivity (Wildman–Crippen MR) is 124 cm³/mol. The number of likely N-dealkylation sites (tertiary alicyclic amines) is 1. The van der Waals surface area contributed by atoms with E-state index in [-0.39, 0.29) is 48.0 Å². The van der Waals surface area contributed by atoms with Crippen LogP contribution in [-0.4, -0.2) is 45.7 Å². The molecule has 5 rings (SSSR count). The molecule has 1 aromatic carbocycles. The highest BCUT2D eigenvalue weighted by Gasteiger charge is 2.55. The van der Waals surface area contributed by atoms with Crippen molar-refractivity contribution in [2.75, 3.05) is 13.2 Å². The zero-order valence-electron chi connectivity index (χ0n) is 18.7. The van der Waals surface area contributed by atoms with Crippen molar-refractivity contribution in [3.63, 3.8) is 0 Å². The van der Waals surface area contributed by atoms with Gasteiger partial charge in [0.05, 0.1) is 12.1 Å². The van der Waals surface area contributed by atoms with Crippen molar-refractivity contribution in [3.8, 4) is 0 Å². The number of fused-ring (bicyclic) bond motifs is 4. The van der Waals surface area contributed by atoms with Gasteiger partial charge in [-0.15, -0.1) is 0 Å². The topological polar surface area (TPSA) is 74.6 Å². The maximum absolute atomic E-state index is 13.5. The molecule has 1 aromatic heterocycles. The van der Waals surface area contributed by atoms with Crippen LogP contribution >= 0.6 is 0 Å². The molecule has 2 aromatic rings. The van der Waals surface area contributed by atoms with Gasteiger partial charge in [-0.3, -0.25) is 14.5 Å². The highest BCUT2D eigenvalue weighted by molar-refractivity contribution is 5.83. The van der Waals surface area contributed by atoms with Gasteiger partial charge in [-0.05, 0) is 49.6 Å². The molecule has 1 fully saturated rings. The summed E-state index contributed by atoms with van der Waals surface area (Å²) < 4.78 is 1.84. The molecule has 1 aliphatic carbocycles. The third-order valence-corrected chi connectivity index (χ3v) is 7.60. The predicted octanol–water partition coefficient (Wildman–Crippen LogP) is 2.15. The fourth-order valence-electron chi connectivity index (χ4n) is 6.25. The first-order chi connectivity index (χ1) is 15.6. The van der Waals surface area contributed by atoms with E-state index in [1.807, 2.05) is 47.9 Å². The summed E-state index contributed by atoms with van der Waals surface area (Å²) in [5.74, 6) is -0.157. The number of nitrogens with one attached hydrogen (secondary N) is 1. The number of hydrogen-bond donors (Lipinski definition) is 2. The van der Waals surface area contributed by atoms with Gasteiger partial charge in [0.25, 0.3) is 5.56 Å². The quantitative estimate of drug-likeness (QED) is 0.758. The largest absolute Gasteiger partial charge is 0.396 e. The lowest BCUT2D eigenvalue weighted by atomic mass is 9.88. The number of allylic oxidation sites excluding steroid dienone is 1. The Bertz CT molecular complexity index is 1100. The van der Waals surface area contributed by atoms with Gasteiger partial charge in [0.2, 0.25) is 5.91 Å². The van der Waals surface area contributed by atoms with Crippen molar-refractivity contribution in [1.82, 2.24) is 14.8 Å². The van der Waals surface area contributed by atoms with Crippen LogP contribution in [0.4, 0.5) is 0 Å². The van der Waals surface area contributed by atoms with Crippen LogP contribution in [-0.2, 0) is 24.2 Å². The molecule has 0 spiro atoms. The molecule has 2 N–H and O–H groups in total. The molecule has 6 nitrogen and oxygen atoms in total. The number of rotatable bonds is 5. The average molecular weight is 434 g/mol. The van der Waals surface area contributed by atoms with Crippen molar-refractivity contribution < 1.29 is 9.90 Å². The molecule has 32 heavy (non-hydrogen) atoms. The Morgan fingerprint density at radius 1 is 1.19 bits per heavy atom. The Labute approximate surface area is 188 Å². The summed E-state index contributed by atoms with van der Waals surface area (Å²) in [6, 6.07) is 11.9. The zero-order valence-corrected chi connectivity index (χ0v) is 18.7. The smallest absolute Gasteiger partial charge is 0.258 e. The molecule has 2 aliphatic heterocycles. The number of aliphatic hydroxyl groups excluding tert-OH is 1. The number of benzene rings is 1. The van der Waals surface area contributed by atoms with Crippen LogP contribution in [0.1, 0.15) is 42.3 Å². The number of hydrogen-bond acceptors (Lipinski definition) is 4. The normalized spacial score (nSPS) is 27.0. The van der Waals surface area contributed by atoms with Gasteiger partial charge in [-0.1, -0.05) is 43.3 Å². The van der Waals surface area contributed by atoms with Gasteiger partial charge < -0.3 is 15.0 Å². The monoisotopic (exact) mass is 433 g/mol. The molecule has 1 amide bonds. The summed E-state index contributed by atoms with van der Waals surface area (Å²) in [6.07, 6.45) is 5.41. The number of nitrogens with zero attached hydrogens (tertiary/aromatic N) is 2. The number of aromatic nitrogens is 1. The highest BCUT2D eigenvalue weighted by atomic mass is 16.3. The van der Waals surface area contributed by atoms with E-state index < -0.39 is 0 Å². The number of aliphatic hydroxyl groups is 1. The van der Waals surface area contributed by atoms with E-state index in [9.17, 15) is 14.7 Å². The SMILES string of the molecule is C/C=C/c1ccc2n(c1=O)C[C@H]1[C@H](CO)[C@@H](C(=O)NC3Cc4ccccc4C3)N(CC)[C@@H]21. The first kappa shape index (κ1) is 21.2. The van der Waals surface area contributed by atoms with E-state index >= 15 is 0 Å². The standard InChI is InChI=1S/C26H31N3O3/c1-3-7-16-10-11-22-23-20(14-29(22)26(16)32)21(15-30)24(28(23)4-2)25(31)27-19-12-17-8-5-6-9-18(17)13-19/h3,5-11,19-21,23-24,30H,4,12-15H2,1-2H3,(H,27,31)/b7-3+/t20-,21-,23+,24-/m0/s1. The highest BCUT2D eigenvalue weighted by Crippen LogP contribution is 2.49. The fourth-order valence-corrected chi connectivity index (χ4v) is 6.25. The summed E-state index contributed by atoms with van der Waals surface area (Å²) in [5, 5.41) is 13.6. The minimum atomic E-state index is -0.386. The Morgan fingerprint density at radius 2 is 1.91 bits per heavy atom. The second-order valence-corrected chi connectivity index (χ2v) is 9.24. The van der Waals surface area contributed by atoms with Crippen LogP contribution in [0.25, 0.3) is 6.08 Å². The lowest BCUT2D eigenvalue weighted by Crippen LogP contribution is -2.51. The number of likely N-dealkylation sites (N-methyl/N-ethyl adjacent to an activating group) is 1. The average Bonchev–Trinajstić information content (AvgIpc) is 3.45. The van der Waals surface area contributed by atoms with Crippen molar-refractivity contribution in [2.24, 2.45) is 11.8 Å². The minimum Gasteiger partial charge on any atom is -0.396 e. The van der Waals surface area contributed by atoms with Gasteiger partial charge in [0, 0.05) is 42.3 Å². The molecule has 6 heteroatoms. The van der Waals surface area contributed by atoms with Crippen LogP contribution in [0.15, 0.2) is 47.3 Å². The van der Waals surface area contributed by atoms with E-state index in [2.05, 4.69) is 29.3 Å². The summed E-state index contributed by atoms with van der Waals surface area (Å²) in [6.45, 7) is 5.12. The lowest BCUT2D eigenvalue weighted by Gasteiger charge is -2.30. The van der Waals surface area contributed by atoms with Crippen LogP contribution in [0.3, 0.4) is 0 Å². The zero-order chi connectivity index (χ0) is 22.4. The van der Waals surface area contributed by atoms with E-state index in [0.29, 0.717) is 18.7 Å². The molecule has 0 bridgehead atoms. The third-order valence-electron chi connectivity index (χ3n) is 7.60. The summed E-state index contributed by atoms with van der Waals surface area (Å²) in [7, 11) is 0. The third kappa shape index (κ3) is 3.24. The molecule has 0 unspecified atom stereocenters. The van der Waals surface area contributed by atoms with Gasteiger partial charge in [0.15, 0.2) is 0 Å². The van der Waals surface area contributed by atoms with Gasteiger partial charge in [-0.25, -0.2) is 0 Å². The number of carbonyl (C=O) groups is 1. The van der Waals surface area contributed by atoms with E-state index in [1.165, 1.54) is 11.1 Å². The maximum atomic E-state index is 13.5. The summed E-state index contributed by atoms with van der Waals surface area (Å²) in [4.78, 5) is 28.7. The number of amides is 1. The summed E-state index contributed by atoms with van der Waals surface area (Å²) >= 11 is 0. The van der Waals surface area contributed by atoms with Gasteiger partial charge in [-0.2, -0.15) is 0 Å². The molecule has 3 aliphatic rings. The van der Waals surface area contributed by atoms with Crippen molar-refractivity contribution in [3.05, 3.63) is 75.2 Å². The van der Waals surface area contributed by atoms with Crippen LogP contribution in [0.2, 0.25) is 0 Å². The Morgan fingerprint density at radius 3 is 2.53 bits per heavy atom. The van der Waals surface area contributed by atoms with Crippen LogP contribution < -0.4 is 10.9 Å². The van der Waals surface area contributed by atoms with Gasteiger partial charge >= 0.3 is 0 Å². The molecule has 0 saturated carbocycles. The van der Waals surface area contributed by atoms with Crippen LogP contribution in [0, 0.1) is 11.8 Å². The Kier molecular flexibility index (Phi) is 5.51. The first-order valence-electron chi connectivity index (χ1n) is 11.7. The maximum Gasteiger partial charge on any atom is 0.258 e. The Balaban J connectivity index is 1.41. The molecule has 3 heterocycles. The number of pyridine rings is 1. The first-order valence-corrected chi connectivity index (χ1v) is 11.7. The van der Waals surface area contributed by atoms with Gasteiger partial charge in [0.1, 0.15) is 0 Å². The van der Waals surface area contributed by atoms with Crippen molar-refractivity contribution in [2.45, 2.75) is 51.4 Å². The molecule has 0 radical (unpaired) electrons. The van der Waals surface area contributed by atoms with Crippen molar-refractivity contribution >= 4 is 12.0 Å². The van der Waals surface area contributed by atoms with Crippen LogP contribution in [0.5, 0.6) is 0 Å². The minimum absolute atomic E-state index is 0.00228. The number of carbonyl (C=O) groups excluding carboxylic acids is 1.